The molecule has 0 saturated heterocycles. The van der Waals surface area contributed by atoms with E-state index in [2.05, 4.69) is 9.97 Å². The summed E-state index contributed by atoms with van der Waals surface area (Å²) in [5, 5.41) is 10.9. The second kappa shape index (κ2) is 4.57. The molecule has 0 unspecified atom stereocenters. The van der Waals surface area contributed by atoms with Crippen LogP contribution in [0.2, 0.25) is 5.02 Å². The van der Waals surface area contributed by atoms with E-state index in [0.717, 1.165) is 0 Å². The number of aromatic nitrogens is 2. The van der Waals surface area contributed by atoms with Crippen LogP contribution in [0.25, 0.3) is 22.4 Å². The van der Waals surface area contributed by atoms with Crippen LogP contribution >= 0.6 is 11.6 Å². The first-order chi connectivity index (χ1) is 9.54. The number of hydrogen-bond donors (Lipinski definition) is 1. The molecular formula is C13H7ClFN3O2. The summed E-state index contributed by atoms with van der Waals surface area (Å²) in [7, 11) is 0. The molecule has 0 aliphatic heterocycles. The molecule has 1 aromatic heterocycles. The van der Waals surface area contributed by atoms with Crippen molar-refractivity contribution in [3.05, 3.63) is 57.4 Å². The van der Waals surface area contributed by atoms with Gasteiger partial charge < -0.3 is 4.98 Å². The van der Waals surface area contributed by atoms with Crippen LogP contribution in [0.3, 0.4) is 0 Å². The van der Waals surface area contributed by atoms with Crippen molar-refractivity contribution in [2.45, 2.75) is 0 Å². The quantitative estimate of drug-likeness (QED) is 0.574. The number of imidazole rings is 1. The lowest BCUT2D eigenvalue weighted by molar-refractivity contribution is -0.384. The number of rotatable bonds is 2. The van der Waals surface area contributed by atoms with E-state index < -0.39 is 4.92 Å². The molecule has 3 rings (SSSR count). The van der Waals surface area contributed by atoms with E-state index in [1.165, 1.54) is 30.3 Å². The second-order valence-corrected chi connectivity index (χ2v) is 4.58. The number of nitro benzene ring substituents is 1. The van der Waals surface area contributed by atoms with E-state index in [1.807, 2.05) is 0 Å². The van der Waals surface area contributed by atoms with Crippen LogP contribution in [0.1, 0.15) is 0 Å². The highest BCUT2D eigenvalue weighted by atomic mass is 35.5. The molecule has 0 amide bonds. The van der Waals surface area contributed by atoms with Crippen LogP contribution in [0.5, 0.6) is 0 Å². The average molecular weight is 292 g/mol. The molecule has 20 heavy (non-hydrogen) atoms. The van der Waals surface area contributed by atoms with Crippen molar-refractivity contribution in [1.82, 2.24) is 9.97 Å². The fourth-order valence-electron chi connectivity index (χ4n) is 1.92. The number of benzene rings is 2. The molecule has 5 nitrogen and oxygen atoms in total. The molecule has 1 heterocycles. The van der Waals surface area contributed by atoms with Gasteiger partial charge in [0.2, 0.25) is 0 Å². The zero-order chi connectivity index (χ0) is 14.3. The SMILES string of the molecule is O=[N+]([O-])c1cc(-c2nc3ccc(F)cc3[nH]2)ccc1Cl. The van der Waals surface area contributed by atoms with Crippen LogP contribution in [0.4, 0.5) is 10.1 Å². The monoisotopic (exact) mass is 291 g/mol. The smallest absolute Gasteiger partial charge is 0.288 e. The minimum Gasteiger partial charge on any atom is -0.338 e. The molecule has 0 fully saturated rings. The first-order valence-electron chi connectivity index (χ1n) is 5.64. The van der Waals surface area contributed by atoms with E-state index in [4.69, 9.17) is 11.6 Å². The van der Waals surface area contributed by atoms with Gasteiger partial charge in [-0.2, -0.15) is 0 Å². The van der Waals surface area contributed by atoms with Crippen LogP contribution < -0.4 is 0 Å². The number of fused-ring (bicyclic) bond motifs is 1. The Bertz CT molecular complexity index is 832. The molecular weight excluding hydrogens is 285 g/mol. The Hall–Kier alpha value is -2.47. The minimum atomic E-state index is -0.561. The molecule has 100 valence electrons. The van der Waals surface area contributed by atoms with Gasteiger partial charge in [0.25, 0.3) is 5.69 Å². The highest BCUT2D eigenvalue weighted by molar-refractivity contribution is 6.32. The van der Waals surface area contributed by atoms with E-state index in [0.29, 0.717) is 22.4 Å². The highest BCUT2D eigenvalue weighted by Gasteiger charge is 2.15. The Balaban J connectivity index is 2.15. The summed E-state index contributed by atoms with van der Waals surface area (Å²) in [5.74, 6) is 0.0418. The highest BCUT2D eigenvalue weighted by Crippen LogP contribution is 2.30. The van der Waals surface area contributed by atoms with Crippen molar-refractivity contribution < 1.29 is 9.31 Å². The molecule has 0 saturated carbocycles. The van der Waals surface area contributed by atoms with Crippen molar-refractivity contribution in [2.24, 2.45) is 0 Å². The summed E-state index contributed by atoms with van der Waals surface area (Å²) in [6.45, 7) is 0. The molecule has 7 heteroatoms. The average Bonchev–Trinajstić information content (AvgIpc) is 2.81. The molecule has 0 radical (unpaired) electrons. The lowest BCUT2D eigenvalue weighted by Crippen LogP contribution is -1.90. The summed E-state index contributed by atoms with van der Waals surface area (Å²) in [6.07, 6.45) is 0. The number of nitro groups is 1. The van der Waals surface area contributed by atoms with Gasteiger partial charge in [-0.15, -0.1) is 0 Å². The van der Waals surface area contributed by atoms with Gasteiger partial charge in [-0.25, -0.2) is 9.37 Å². The molecule has 0 aliphatic carbocycles. The van der Waals surface area contributed by atoms with Crippen LogP contribution in [-0.2, 0) is 0 Å². The van der Waals surface area contributed by atoms with E-state index >= 15 is 0 Å². The largest absolute Gasteiger partial charge is 0.338 e. The third-order valence-corrected chi connectivity index (χ3v) is 3.18. The third kappa shape index (κ3) is 2.10. The lowest BCUT2D eigenvalue weighted by Gasteiger charge is -1.98. The molecule has 0 spiro atoms. The van der Waals surface area contributed by atoms with Crippen molar-refractivity contribution in [1.29, 1.82) is 0 Å². The Morgan fingerprint density at radius 3 is 2.80 bits per heavy atom. The fourth-order valence-corrected chi connectivity index (χ4v) is 2.10. The molecule has 1 N–H and O–H groups in total. The number of hydrogen-bond acceptors (Lipinski definition) is 3. The summed E-state index contributed by atoms with van der Waals surface area (Å²) in [5.41, 5.74) is 1.42. The van der Waals surface area contributed by atoms with E-state index in [-0.39, 0.29) is 16.5 Å². The zero-order valence-electron chi connectivity index (χ0n) is 9.93. The zero-order valence-corrected chi connectivity index (χ0v) is 10.7. The Labute approximate surface area is 117 Å². The van der Waals surface area contributed by atoms with Crippen molar-refractivity contribution in [3.8, 4) is 11.4 Å². The van der Waals surface area contributed by atoms with Gasteiger partial charge in [0.1, 0.15) is 16.7 Å². The minimum absolute atomic E-state index is 0.0564. The number of H-pyrrole nitrogens is 1. The van der Waals surface area contributed by atoms with Crippen LogP contribution in [0.15, 0.2) is 36.4 Å². The molecule has 0 atom stereocenters. The third-order valence-electron chi connectivity index (χ3n) is 2.86. The molecule has 0 bridgehead atoms. The molecule has 2 aromatic carbocycles. The van der Waals surface area contributed by atoms with Crippen LogP contribution in [0, 0.1) is 15.9 Å². The van der Waals surface area contributed by atoms with Crippen molar-refractivity contribution in [3.63, 3.8) is 0 Å². The Morgan fingerprint density at radius 2 is 2.05 bits per heavy atom. The van der Waals surface area contributed by atoms with Gasteiger partial charge in [-0.05, 0) is 30.3 Å². The predicted octanol–water partition coefficient (Wildman–Crippen LogP) is 3.93. The van der Waals surface area contributed by atoms with Crippen molar-refractivity contribution in [2.75, 3.05) is 0 Å². The lowest BCUT2D eigenvalue weighted by atomic mass is 10.2. The van der Waals surface area contributed by atoms with Gasteiger partial charge >= 0.3 is 0 Å². The van der Waals surface area contributed by atoms with Gasteiger partial charge in [0.15, 0.2) is 0 Å². The number of nitrogens with zero attached hydrogens (tertiary/aromatic N) is 2. The predicted molar refractivity (Wildman–Crippen MR) is 73.2 cm³/mol. The maximum atomic E-state index is 13.1. The van der Waals surface area contributed by atoms with E-state index in [9.17, 15) is 14.5 Å². The van der Waals surface area contributed by atoms with Crippen molar-refractivity contribution >= 4 is 28.3 Å². The summed E-state index contributed by atoms with van der Waals surface area (Å²) in [6, 6.07) is 8.53. The fraction of sp³-hybridized carbons (Fsp3) is 0. The Morgan fingerprint density at radius 1 is 1.25 bits per heavy atom. The van der Waals surface area contributed by atoms with E-state index in [1.54, 1.807) is 6.07 Å². The first-order valence-corrected chi connectivity index (χ1v) is 6.02. The number of aromatic amines is 1. The molecule has 3 aromatic rings. The normalized spacial score (nSPS) is 10.9. The van der Waals surface area contributed by atoms with Gasteiger partial charge in [-0.3, -0.25) is 10.1 Å². The first kappa shape index (κ1) is 12.6. The molecule has 0 aliphatic rings. The van der Waals surface area contributed by atoms with Crippen LogP contribution in [-0.4, -0.2) is 14.9 Å². The number of nitrogens with one attached hydrogen (secondary N) is 1. The second-order valence-electron chi connectivity index (χ2n) is 4.17. The summed E-state index contributed by atoms with van der Waals surface area (Å²) in [4.78, 5) is 17.5. The Kier molecular flexibility index (Phi) is 2.87. The van der Waals surface area contributed by atoms with Gasteiger partial charge in [0, 0.05) is 11.6 Å². The van der Waals surface area contributed by atoms with Gasteiger partial charge in [0.05, 0.1) is 16.0 Å². The maximum absolute atomic E-state index is 13.1. The maximum Gasteiger partial charge on any atom is 0.288 e. The topological polar surface area (TPSA) is 71.8 Å². The number of halogens is 2. The summed E-state index contributed by atoms with van der Waals surface area (Å²) >= 11 is 5.76. The van der Waals surface area contributed by atoms with Gasteiger partial charge in [-0.1, -0.05) is 11.6 Å². The standard InChI is InChI=1S/C13H7ClFN3O2/c14-9-3-1-7(5-12(9)18(19)20)13-16-10-4-2-8(15)6-11(10)17-13/h1-6H,(H,16,17). The summed E-state index contributed by atoms with van der Waals surface area (Å²) < 4.78 is 13.1.